The summed E-state index contributed by atoms with van der Waals surface area (Å²) in [6.45, 7) is 0.254. The number of aryl methyl sites for hydroxylation is 1. The molecule has 3 rings (SSSR count). The maximum atomic E-state index is 13.8. The Labute approximate surface area is 183 Å². The summed E-state index contributed by atoms with van der Waals surface area (Å²) in [6, 6.07) is 5.68. The summed E-state index contributed by atoms with van der Waals surface area (Å²) in [4.78, 5) is 12.5. The van der Waals surface area contributed by atoms with Gasteiger partial charge in [-0.2, -0.15) is 18.3 Å². The third-order valence-electron chi connectivity index (χ3n) is 4.35. The summed E-state index contributed by atoms with van der Waals surface area (Å²) >= 11 is 6.19. The standard InChI is InChI=1S/C20H16ClF5N4O2/c1-29-18(14(21)10-28-29)13-8-11(3-5-17(13)32-7-6-27)30(19(31)20(24,25)26)12-2-4-15(22)16(23)9-12/h2-5,8-10H,6-7,27H2,1H3. The van der Waals surface area contributed by atoms with Crippen molar-refractivity contribution in [2.45, 2.75) is 6.18 Å². The zero-order valence-electron chi connectivity index (χ0n) is 16.5. The molecule has 2 N–H and O–H groups in total. The Bertz CT molecular complexity index is 1130. The summed E-state index contributed by atoms with van der Waals surface area (Å²) in [7, 11) is 1.55. The highest BCUT2D eigenvalue weighted by molar-refractivity contribution is 6.33. The maximum Gasteiger partial charge on any atom is 0.472 e. The van der Waals surface area contributed by atoms with Gasteiger partial charge < -0.3 is 10.5 Å². The van der Waals surface area contributed by atoms with E-state index in [-0.39, 0.29) is 40.1 Å². The van der Waals surface area contributed by atoms with Crippen molar-refractivity contribution in [1.29, 1.82) is 0 Å². The number of hydrogen-bond acceptors (Lipinski definition) is 4. The van der Waals surface area contributed by atoms with Crippen molar-refractivity contribution in [1.82, 2.24) is 9.78 Å². The Morgan fingerprint density at radius 2 is 1.81 bits per heavy atom. The molecule has 12 heteroatoms. The first kappa shape index (κ1) is 23.5. The number of amides is 1. The molecule has 32 heavy (non-hydrogen) atoms. The van der Waals surface area contributed by atoms with Crippen LogP contribution in [0.4, 0.5) is 33.3 Å². The molecule has 170 valence electrons. The lowest BCUT2D eigenvalue weighted by molar-refractivity contribution is -0.169. The van der Waals surface area contributed by atoms with Crippen LogP contribution in [0.1, 0.15) is 0 Å². The number of hydrogen-bond donors (Lipinski definition) is 1. The largest absolute Gasteiger partial charge is 0.492 e. The van der Waals surface area contributed by atoms with E-state index in [4.69, 9.17) is 22.1 Å². The number of ether oxygens (including phenoxy) is 1. The molecule has 6 nitrogen and oxygen atoms in total. The SMILES string of the molecule is Cn1ncc(Cl)c1-c1cc(N(C(=O)C(F)(F)F)c2ccc(F)c(F)c2)ccc1OCCN. The van der Waals surface area contributed by atoms with Crippen molar-refractivity contribution in [2.24, 2.45) is 12.8 Å². The average molecular weight is 475 g/mol. The quantitative estimate of drug-likeness (QED) is 0.531. The number of alkyl halides is 3. The van der Waals surface area contributed by atoms with Crippen molar-refractivity contribution in [3.8, 4) is 17.0 Å². The fraction of sp³-hybridized carbons (Fsp3) is 0.200. The summed E-state index contributed by atoms with van der Waals surface area (Å²) < 4.78 is 74.2. The highest BCUT2D eigenvalue weighted by Gasteiger charge is 2.44. The molecule has 0 unspecified atom stereocenters. The summed E-state index contributed by atoms with van der Waals surface area (Å²) in [5, 5.41) is 4.17. The molecule has 0 aliphatic rings. The van der Waals surface area contributed by atoms with Crippen LogP contribution in [0.5, 0.6) is 5.75 Å². The minimum atomic E-state index is -5.30. The molecule has 0 saturated carbocycles. The van der Waals surface area contributed by atoms with Crippen LogP contribution in [0.2, 0.25) is 5.02 Å². The van der Waals surface area contributed by atoms with E-state index in [9.17, 15) is 26.7 Å². The fourth-order valence-corrected chi connectivity index (χ4v) is 3.25. The molecule has 0 aliphatic heterocycles. The van der Waals surface area contributed by atoms with Gasteiger partial charge in [0.05, 0.1) is 28.3 Å². The predicted molar refractivity (Wildman–Crippen MR) is 108 cm³/mol. The Kier molecular flexibility index (Phi) is 6.70. The number of carbonyl (C=O) groups is 1. The Morgan fingerprint density at radius 1 is 1.16 bits per heavy atom. The lowest BCUT2D eigenvalue weighted by Gasteiger charge is -2.25. The lowest BCUT2D eigenvalue weighted by atomic mass is 10.1. The fourth-order valence-electron chi connectivity index (χ4n) is 2.99. The normalized spacial score (nSPS) is 11.5. The first-order valence-corrected chi connectivity index (χ1v) is 9.43. The zero-order chi connectivity index (χ0) is 23.6. The minimum absolute atomic E-state index is 0.0934. The van der Waals surface area contributed by atoms with Crippen molar-refractivity contribution in [3.05, 3.63) is 59.3 Å². The summed E-state index contributed by atoms with van der Waals surface area (Å²) in [5.41, 5.74) is 5.16. The first-order valence-electron chi connectivity index (χ1n) is 9.05. The van der Waals surface area contributed by atoms with Crippen molar-refractivity contribution >= 4 is 28.9 Å². The number of nitrogens with two attached hydrogens (primary N) is 1. The van der Waals surface area contributed by atoms with Gasteiger partial charge in [-0.1, -0.05) is 11.6 Å². The van der Waals surface area contributed by atoms with Gasteiger partial charge in [0.1, 0.15) is 12.4 Å². The second-order valence-electron chi connectivity index (χ2n) is 6.52. The third kappa shape index (κ3) is 4.68. The van der Waals surface area contributed by atoms with Gasteiger partial charge in [0.25, 0.3) is 0 Å². The van der Waals surface area contributed by atoms with E-state index in [1.807, 2.05) is 0 Å². The van der Waals surface area contributed by atoms with Gasteiger partial charge in [-0.05, 0) is 30.3 Å². The molecule has 2 aromatic carbocycles. The van der Waals surface area contributed by atoms with Crippen molar-refractivity contribution in [3.63, 3.8) is 0 Å². The Balaban J connectivity index is 2.23. The number of aromatic nitrogens is 2. The second-order valence-corrected chi connectivity index (χ2v) is 6.93. The molecule has 3 aromatic rings. The summed E-state index contributed by atoms with van der Waals surface area (Å²) in [5.74, 6) is -4.78. The van der Waals surface area contributed by atoms with E-state index in [0.717, 1.165) is 6.07 Å². The van der Waals surface area contributed by atoms with Gasteiger partial charge in [0.2, 0.25) is 0 Å². The minimum Gasteiger partial charge on any atom is -0.492 e. The molecule has 0 bridgehead atoms. The van der Waals surface area contributed by atoms with Crippen LogP contribution >= 0.6 is 11.6 Å². The highest BCUT2D eigenvalue weighted by Crippen LogP contribution is 2.40. The molecule has 0 spiro atoms. The molecular formula is C20H16ClF5N4O2. The van der Waals surface area contributed by atoms with Crippen LogP contribution in [-0.2, 0) is 11.8 Å². The van der Waals surface area contributed by atoms with Crippen molar-refractivity contribution < 1.29 is 31.5 Å². The van der Waals surface area contributed by atoms with E-state index in [1.165, 1.54) is 29.1 Å². The van der Waals surface area contributed by atoms with Gasteiger partial charge in [0.15, 0.2) is 11.6 Å². The molecule has 1 aromatic heterocycles. The van der Waals surface area contributed by atoms with Crippen LogP contribution in [-0.4, -0.2) is 35.0 Å². The molecule has 0 radical (unpaired) electrons. The van der Waals surface area contributed by atoms with Gasteiger partial charge in [-0.15, -0.1) is 0 Å². The monoisotopic (exact) mass is 474 g/mol. The predicted octanol–water partition coefficient (Wildman–Crippen LogP) is 4.58. The highest BCUT2D eigenvalue weighted by atomic mass is 35.5. The number of nitrogens with zero attached hydrogens (tertiary/aromatic N) is 3. The second kappa shape index (κ2) is 9.13. The van der Waals surface area contributed by atoms with Crippen LogP contribution in [0.15, 0.2) is 42.6 Å². The number of carbonyl (C=O) groups excluding carboxylic acids is 1. The molecule has 1 amide bonds. The van der Waals surface area contributed by atoms with Gasteiger partial charge in [0, 0.05) is 25.2 Å². The van der Waals surface area contributed by atoms with E-state index in [0.29, 0.717) is 17.8 Å². The summed E-state index contributed by atoms with van der Waals surface area (Å²) in [6.07, 6.45) is -3.98. The van der Waals surface area contributed by atoms with Gasteiger partial charge >= 0.3 is 12.1 Å². The van der Waals surface area contributed by atoms with Crippen molar-refractivity contribution in [2.75, 3.05) is 18.1 Å². The lowest BCUT2D eigenvalue weighted by Crippen LogP contribution is -2.38. The molecule has 0 aliphatic carbocycles. The van der Waals surface area contributed by atoms with Crippen LogP contribution in [0.25, 0.3) is 11.3 Å². The topological polar surface area (TPSA) is 73.4 Å². The molecular weight excluding hydrogens is 459 g/mol. The zero-order valence-corrected chi connectivity index (χ0v) is 17.2. The number of halogens is 6. The van der Waals surface area contributed by atoms with E-state index >= 15 is 0 Å². The maximum absolute atomic E-state index is 13.8. The molecule has 0 saturated heterocycles. The molecule has 1 heterocycles. The van der Waals surface area contributed by atoms with Crippen LogP contribution < -0.4 is 15.4 Å². The average Bonchev–Trinajstić information content (AvgIpc) is 3.07. The van der Waals surface area contributed by atoms with E-state index in [2.05, 4.69) is 5.10 Å². The molecule has 0 fully saturated rings. The number of rotatable bonds is 6. The Morgan fingerprint density at radius 3 is 2.38 bits per heavy atom. The van der Waals surface area contributed by atoms with Gasteiger partial charge in [-0.3, -0.25) is 14.4 Å². The molecule has 0 atom stereocenters. The van der Waals surface area contributed by atoms with Crippen LogP contribution in [0.3, 0.4) is 0 Å². The Hall–Kier alpha value is -3.18. The third-order valence-corrected chi connectivity index (χ3v) is 4.63. The number of anilines is 2. The first-order chi connectivity index (χ1) is 15.0. The van der Waals surface area contributed by atoms with Crippen LogP contribution in [0, 0.1) is 11.6 Å². The van der Waals surface area contributed by atoms with E-state index in [1.54, 1.807) is 7.05 Å². The number of benzene rings is 2. The smallest absolute Gasteiger partial charge is 0.472 e. The van der Waals surface area contributed by atoms with E-state index < -0.39 is 29.4 Å². The van der Waals surface area contributed by atoms with Gasteiger partial charge in [-0.25, -0.2) is 8.78 Å².